The minimum Gasteiger partial charge on any atom is -0.462 e. The number of ether oxygens (including phenoxy) is 2. The van der Waals surface area contributed by atoms with Crippen molar-refractivity contribution < 1.29 is 14.3 Å². The Labute approximate surface area is 252 Å². The summed E-state index contributed by atoms with van der Waals surface area (Å²) < 4.78 is 13.9. The molecule has 0 aliphatic carbocycles. The van der Waals surface area contributed by atoms with Crippen LogP contribution in [-0.4, -0.2) is 40.1 Å². The maximum absolute atomic E-state index is 13.5. The number of rotatable bonds is 11. The van der Waals surface area contributed by atoms with E-state index >= 15 is 0 Å². The number of carbonyl (C=O) groups is 1. The number of nitrogens with one attached hydrogen (secondary N) is 1. The molecule has 5 rings (SSSR count). The first-order chi connectivity index (χ1) is 21.0. The highest BCUT2D eigenvalue weighted by molar-refractivity contribution is 6.07. The van der Waals surface area contributed by atoms with Crippen LogP contribution in [0.5, 0.6) is 11.6 Å². The van der Waals surface area contributed by atoms with E-state index in [4.69, 9.17) is 9.47 Å². The number of anilines is 2. The monoisotopic (exact) mass is 573 g/mol. The lowest BCUT2D eigenvalue weighted by atomic mass is 10.1. The minimum absolute atomic E-state index is 0.169. The van der Waals surface area contributed by atoms with E-state index in [1.54, 1.807) is 19.2 Å². The van der Waals surface area contributed by atoms with Gasteiger partial charge in [-0.1, -0.05) is 49.7 Å². The van der Waals surface area contributed by atoms with Crippen LogP contribution in [0.3, 0.4) is 0 Å². The lowest BCUT2D eigenvalue weighted by Gasteiger charge is -2.21. The zero-order chi connectivity index (χ0) is 30.3. The summed E-state index contributed by atoms with van der Waals surface area (Å²) >= 11 is 0. The first-order valence-corrected chi connectivity index (χ1v) is 14.5. The predicted octanol–water partition coefficient (Wildman–Crippen LogP) is 7.76. The van der Waals surface area contributed by atoms with Crippen molar-refractivity contribution in [2.45, 2.75) is 34.2 Å². The molecule has 1 N–H and O–H groups in total. The number of nitriles is 1. The van der Waals surface area contributed by atoms with Crippen LogP contribution in [0.2, 0.25) is 0 Å². The summed E-state index contributed by atoms with van der Waals surface area (Å²) in [5.74, 6) is 0.234. The fraction of sp³-hybridized carbons (Fsp3) is 0.229. The van der Waals surface area contributed by atoms with Crippen LogP contribution in [0.25, 0.3) is 16.6 Å². The Balaban J connectivity index is 1.62. The fourth-order valence-corrected chi connectivity index (χ4v) is 5.13. The van der Waals surface area contributed by atoms with E-state index in [-0.39, 0.29) is 24.0 Å². The van der Waals surface area contributed by atoms with Crippen LogP contribution in [0.1, 0.15) is 48.0 Å². The number of benzene rings is 3. The summed E-state index contributed by atoms with van der Waals surface area (Å²) in [5.41, 5.74) is 6.00. The minimum atomic E-state index is -0.387. The van der Waals surface area contributed by atoms with Crippen LogP contribution in [0.15, 0.2) is 85.1 Å². The molecule has 0 amide bonds. The molecule has 43 heavy (non-hydrogen) atoms. The van der Waals surface area contributed by atoms with E-state index in [0.717, 1.165) is 41.2 Å². The standard InChI is InChI=1S/C35H35N5O3/c1-5-39(6-2)23-32-33(35(41)42-7-3)28-21-27(17-18-31(28)40(32)26-11-9-8-10-12-26)43-34-29(22-36)30(19-20-37-34)38-25-15-13-24(4)14-16-25/h8-21H,5-7,23H2,1-4H3,(H,37,38). The normalized spacial score (nSPS) is 11.0. The molecular formula is C35H35N5O3. The van der Waals surface area contributed by atoms with E-state index in [0.29, 0.717) is 28.9 Å². The Morgan fingerprint density at radius 1 is 1.00 bits per heavy atom. The van der Waals surface area contributed by atoms with Gasteiger partial charge in [-0.3, -0.25) is 4.90 Å². The van der Waals surface area contributed by atoms with Crippen LogP contribution in [0.4, 0.5) is 11.4 Å². The van der Waals surface area contributed by atoms with Crippen LogP contribution in [-0.2, 0) is 11.3 Å². The summed E-state index contributed by atoms with van der Waals surface area (Å²) in [4.78, 5) is 20.2. The van der Waals surface area contributed by atoms with Gasteiger partial charge < -0.3 is 19.4 Å². The third kappa shape index (κ3) is 6.22. The zero-order valence-electron chi connectivity index (χ0n) is 24.9. The second-order valence-electron chi connectivity index (χ2n) is 10.1. The number of aromatic nitrogens is 2. The van der Waals surface area contributed by atoms with Gasteiger partial charge in [-0.15, -0.1) is 0 Å². The number of carbonyl (C=O) groups excluding carboxylic acids is 1. The Bertz CT molecular complexity index is 1770. The smallest absolute Gasteiger partial charge is 0.340 e. The van der Waals surface area contributed by atoms with Crippen LogP contribution >= 0.6 is 0 Å². The van der Waals surface area contributed by atoms with Crippen molar-refractivity contribution in [1.82, 2.24) is 14.5 Å². The largest absolute Gasteiger partial charge is 0.462 e. The highest BCUT2D eigenvalue weighted by Gasteiger charge is 2.26. The molecule has 0 unspecified atom stereocenters. The molecular weight excluding hydrogens is 538 g/mol. The molecule has 2 aromatic heterocycles. The average molecular weight is 574 g/mol. The molecule has 0 spiro atoms. The van der Waals surface area contributed by atoms with Gasteiger partial charge in [0.25, 0.3) is 0 Å². The second kappa shape index (κ2) is 13.2. The van der Waals surface area contributed by atoms with Crippen molar-refractivity contribution in [2.75, 3.05) is 25.0 Å². The van der Waals surface area contributed by atoms with E-state index in [2.05, 4.69) is 39.7 Å². The van der Waals surface area contributed by atoms with Crippen LogP contribution in [0, 0.1) is 18.3 Å². The third-order valence-corrected chi connectivity index (χ3v) is 7.37. The average Bonchev–Trinajstić information content (AvgIpc) is 3.34. The van der Waals surface area contributed by atoms with Gasteiger partial charge in [0.2, 0.25) is 5.88 Å². The molecule has 2 heterocycles. The van der Waals surface area contributed by atoms with Gasteiger partial charge >= 0.3 is 5.97 Å². The quantitative estimate of drug-likeness (QED) is 0.161. The first-order valence-electron chi connectivity index (χ1n) is 14.5. The lowest BCUT2D eigenvalue weighted by Crippen LogP contribution is -2.25. The third-order valence-electron chi connectivity index (χ3n) is 7.37. The number of esters is 1. The molecule has 0 radical (unpaired) electrons. The molecule has 0 saturated heterocycles. The van der Waals surface area contributed by atoms with Crippen molar-refractivity contribution in [3.05, 3.63) is 107 Å². The number of aryl methyl sites for hydroxylation is 1. The molecule has 0 atom stereocenters. The number of nitrogens with zero attached hydrogens (tertiary/aromatic N) is 4. The molecule has 0 aliphatic heterocycles. The Morgan fingerprint density at radius 2 is 1.74 bits per heavy atom. The number of pyridine rings is 1. The van der Waals surface area contributed by atoms with E-state index in [1.165, 1.54) is 0 Å². The molecule has 0 aliphatic rings. The van der Waals surface area contributed by atoms with Gasteiger partial charge in [-0.2, -0.15) is 5.26 Å². The topological polar surface area (TPSA) is 92.4 Å². The van der Waals surface area contributed by atoms with Crippen molar-refractivity contribution >= 4 is 28.2 Å². The fourth-order valence-electron chi connectivity index (χ4n) is 5.13. The molecule has 218 valence electrons. The molecule has 5 aromatic rings. The Morgan fingerprint density at radius 3 is 2.42 bits per heavy atom. The number of fused-ring (bicyclic) bond motifs is 1. The second-order valence-corrected chi connectivity index (χ2v) is 10.1. The first kappa shape index (κ1) is 29.4. The van der Waals surface area contributed by atoms with Crippen molar-refractivity contribution in [2.24, 2.45) is 0 Å². The summed E-state index contributed by atoms with van der Waals surface area (Å²) in [6.07, 6.45) is 1.60. The van der Waals surface area contributed by atoms with Crippen molar-refractivity contribution in [3.63, 3.8) is 0 Å². The molecule has 3 aromatic carbocycles. The van der Waals surface area contributed by atoms with Gasteiger partial charge in [0.15, 0.2) is 0 Å². The molecule has 0 fully saturated rings. The van der Waals surface area contributed by atoms with Crippen molar-refractivity contribution in [3.8, 4) is 23.4 Å². The molecule has 8 nitrogen and oxygen atoms in total. The maximum Gasteiger partial charge on any atom is 0.340 e. The lowest BCUT2D eigenvalue weighted by molar-refractivity contribution is 0.0526. The van der Waals surface area contributed by atoms with Gasteiger partial charge in [0.05, 0.1) is 29.1 Å². The Hall–Kier alpha value is -5.13. The zero-order valence-corrected chi connectivity index (χ0v) is 24.9. The Kier molecular flexibility index (Phi) is 9.04. The molecule has 0 saturated carbocycles. The van der Waals surface area contributed by atoms with Gasteiger partial charge in [-0.05, 0) is 75.5 Å². The highest BCUT2D eigenvalue weighted by Crippen LogP contribution is 2.36. The maximum atomic E-state index is 13.5. The van der Waals surface area contributed by atoms with E-state index in [1.807, 2.05) is 79.7 Å². The predicted molar refractivity (Wildman–Crippen MR) is 169 cm³/mol. The van der Waals surface area contributed by atoms with Gasteiger partial charge in [0.1, 0.15) is 17.4 Å². The number of hydrogen-bond donors (Lipinski definition) is 1. The number of hydrogen-bond acceptors (Lipinski definition) is 7. The summed E-state index contributed by atoms with van der Waals surface area (Å²) in [6, 6.07) is 27.5. The number of para-hydroxylation sites is 1. The molecule has 8 heteroatoms. The molecule has 0 bridgehead atoms. The summed E-state index contributed by atoms with van der Waals surface area (Å²) in [5, 5.41) is 14.1. The SMILES string of the molecule is CCOC(=O)c1c(CN(CC)CC)n(-c2ccccc2)c2ccc(Oc3nccc(Nc4ccc(C)cc4)c3C#N)cc12. The van der Waals surface area contributed by atoms with E-state index in [9.17, 15) is 10.1 Å². The highest BCUT2D eigenvalue weighted by atomic mass is 16.5. The van der Waals surface area contributed by atoms with E-state index < -0.39 is 0 Å². The van der Waals surface area contributed by atoms with Crippen molar-refractivity contribution in [1.29, 1.82) is 5.26 Å². The van der Waals surface area contributed by atoms with Gasteiger partial charge in [-0.25, -0.2) is 9.78 Å². The summed E-state index contributed by atoms with van der Waals surface area (Å²) in [7, 11) is 0. The van der Waals surface area contributed by atoms with Crippen LogP contribution < -0.4 is 10.1 Å². The van der Waals surface area contributed by atoms with Gasteiger partial charge in [0, 0.05) is 29.5 Å². The summed E-state index contributed by atoms with van der Waals surface area (Å²) in [6.45, 7) is 10.5.